The maximum Gasteiger partial charge on any atom is 0.474 e. The van der Waals surface area contributed by atoms with Crippen molar-refractivity contribution in [3.05, 3.63) is 33.9 Å². The Kier molecular flexibility index (Phi) is 13.7. The van der Waals surface area contributed by atoms with E-state index in [2.05, 4.69) is 4.36 Å². The van der Waals surface area contributed by atoms with Crippen LogP contribution in [0, 0.1) is 10.1 Å². The normalized spacial score (nSPS) is 16.5. The van der Waals surface area contributed by atoms with Crippen molar-refractivity contribution in [1.82, 2.24) is 4.90 Å². The number of halogens is 11. The van der Waals surface area contributed by atoms with E-state index in [1.165, 1.54) is 18.7 Å². The number of carbonyl (C=O) groups excluding carboxylic acids is 3. The molecule has 1 aromatic carbocycles. The number of nitro groups is 1. The van der Waals surface area contributed by atoms with Crippen molar-refractivity contribution >= 4 is 39.9 Å². The Balaban J connectivity index is 1.88. The maximum atomic E-state index is 13.5. The lowest BCUT2D eigenvalue weighted by molar-refractivity contribution is -0.388. The van der Waals surface area contributed by atoms with E-state index in [1.807, 2.05) is 0 Å². The van der Waals surface area contributed by atoms with Gasteiger partial charge in [-0.1, -0.05) is 42.8 Å². The molecule has 49 heavy (non-hydrogen) atoms. The number of hydrogen-bond acceptors (Lipinski definition) is 5. The van der Waals surface area contributed by atoms with E-state index in [1.54, 1.807) is 0 Å². The molecule has 1 aromatic rings. The van der Waals surface area contributed by atoms with Crippen molar-refractivity contribution in [1.29, 1.82) is 0 Å². The predicted molar refractivity (Wildman–Crippen MR) is 155 cm³/mol. The number of nitrogens with zero attached hydrogens (tertiary/aromatic N) is 4. The molecule has 0 saturated carbocycles. The molecule has 1 unspecified atom stereocenters. The number of urea groups is 1. The van der Waals surface area contributed by atoms with Crippen LogP contribution in [0.2, 0.25) is 0 Å². The Morgan fingerprint density at radius 2 is 1.39 bits per heavy atom. The fourth-order valence-corrected chi connectivity index (χ4v) is 6.61. The molecule has 1 saturated heterocycles. The highest BCUT2D eigenvalue weighted by molar-refractivity contribution is 7.87. The van der Waals surface area contributed by atoms with Crippen molar-refractivity contribution in [2.24, 2.45) is 4.36 Å². The SMILES string of the molecule is CC1(C)C(=O)N(c2ccc([N+](=O)[O-])c(C(F)(F)F)c2)C(=O)N1CCCCCCCCC/S(CCCC(F)(F)C(F)(F)F)=N/C(=O)C(F)(F)F. The molecule has 0 radical (unpaired) electrons. The molecular weight excluding hydrogens is 713 g/mol. The van der Waals surface area contributed by atoms with Crippen molar-refractivity contribution in [2.75, 3.05) is 23.0 Å². The van der Waals surface area contributed by atoms with E-state index in [9.17, 15) is 72.8 Å². The number of benzene rings is 1. The molecule has 1 heterocycles. The minimum Gasteiger partial charge on any atom is -0.310 e. The summed E-state index contributed by atoms with van der Waals surface area (Å²) in [6.07, 6.45) is -15.5. The molecule has 278 valence electrons. The van der Waals surface area contributed by atoms with Gasteiger partial charge in [0, 0.05) is 30.5 Å². The van der Waals surface area contributed by atoms with Gasteiger partial charge in [-0.05, 0) is 45.2 Å². The minimum atomic E-state index is -5.82. The average Bonchev–Trinajstić information content (AvgIpc) is 3.12. The van der Waals surface area contributed by atoms with E-state index in [4.69, 9.17) is 0 Å². The Morgan fingerprint density at radius 1 is 0.857 bits per heavy atom. The number of nitro benzene ring substituents is 1. The number of alkyl halides is 11. The van der Waals surface area contributed by atoms with Gasteiger partial charge < -0.3 is 4.90 Å². The van der Waals surface area contributed by atoms with Crippen LogP contribution in [0.25, 0.3) is 0 Å². The number of rotatable bonds is 16. The molecule has 1 aliphatic heterocycles. The van der Waals surface area contributed by atoms with Crippen LogP contribution in [0.1, 0.15) is 77.2 Å². The van der Waals surface area contributed by atoms with Gasteiger partial charge in [-0.2, -0.15) is 52.7 Å². The third kappa shape index (κ3) is 11.1. The first-order valence-corrected chi connectivity index (χ1v) is 16.3. The molecule has 4 amide bonds. The number of amides is 4. The number of unbranched alkanes of at least 4 members (excludes halogenated alkanes) is 6. The van der Waals surface area contributed by atoms with Crippen molar-refractivity contribution in [2.45, 2.75) is 102 Å². The molecule has 0 aromatic heterocycles. The lowest BCUT2D eigenvalue weighted by Gasteiger charge is -2.27. The number of carbonyl (C=O) groups is 3. The van der Waals surface area contributed by atoms with E-state index < -0.39 is 99.0 Å². The van der Waals surface area contributed by atoms with Crippen molar-refractivity contribution in [3.63, 3.8) is 0 Å². The van der Waals surface area contributed by atoms with Gasteiger partial charge in [0.1, 0.15) is 11.1 Å². The van der Waals surface area contributed by atoms with Crippen LogP contribution >= 0.6 is 0 Å². The van der Waals surface area contributed by atoms with E-state index in [-0.39, 0.29) is 18.7 Å². The number of anilines is 1. The second-order valence-electron chi connectivity index (χ2n) is 11.6. The summed E-state index contributed by atoms with van der Waals surface area (Å²) >= 11 is 0. The molecule has 9 nitrogen and oxygen atoms in total. The second-order valence-corrected chi connectivity index (χ2v) is 13.6. The Bertz CT molecular complexity index is 1410. The molecule has 0 bridgehead atoms. The standard InChI is InChI=1S/C28H33F11N4O5S/c1-24(2)22(45)42(18-11-12-20(43(47)48)19(17-18)26(31,32)33)23(46)41(24)14-8-6-4-3-5-7-9-15-49(40-21(44)27(34,35)36)16-10-13-25(29,30)28(37,38)39/h11-12,17H,3-10,13-16H2,1-2H3. The van der Waals surface area contributed by atoms with Crippen LogP contribution in [-0.2, 0) is 26.5 Å². The van der Waals surface area contributed by atoms with Crippen LogP contribution in [-0.4, -0.2) is 69.5 Å². The van der Waals surface area contributed by atoms with E-state index >= 15 is 0 Å². The third-order valence-electron chi connectivity index (χ3n) is 7.57. The second kappa shape index (κ2) is 16.1. The van der Waals surface area contributed by atoms with Crippen molar-refractivity contribution in [3.8, 4) is 0 Å². The smallest absolute Gasteiger partial charge is 0.310 e. The summed E-state index contributed by atoms with van der Waals surface area (Å²) in [4.78, 5) is 49.0. The summed E-state index contributed by atoms with van der Waals surface area (Å²) in [6, 6.07) is 0.889. The van der Waals surface area contributed by atoms with E-state index in [0.29, 0.717) is 55.6 Å². The lowest BCUT2D eigenvalue weighted by atomic mass is 10.0. The highest BCUT2D eigenvalue weighted by atomic mass is 32.2. The molecule has 21 heteroatoms. The highest BCUT2D eigenvalue weighted by Gasteiger charge is 2.56. The summed E-state index contributed by atoms with van der Waals surface area (Å²) in [5.41, 5.74) is -4.81. The topological polar surface area (TPSA) is 113 Å². The van der Waals surface area contributed by atoms with Crippen LogP contribution < -0.4 is 4.90 Å². The summed E-state index contributed by atoms with van der Waals surface area (Å²) in [6.45, 7) is 2.83. The molecule has 0 N–H and O–H groups in total. The zero-order valence-electron chi connectivity index (χ0n) is 26.1. The minimum absolute atomic E-state index is 0.0398. The first-order chi connectivity index (χ1) is 22.3. The summed E-state index contributed by atoms with van der Waals surface area (Å²) in [7, 11) is -1.71. The van der Waals surface area contributed by atoms with Crippen LogP contribution in [0.3, 0.4) is 0 Å². The molecular formula is C28H33F11N4O5S. The van der Waals surface area contributed by atoms with Gasteiger partial charge in [0.2, 0.25) is 0 Å². The zero-order valence-corrected chi connectivity index (χ0v) is 26.9. The average molecular weight is 747 g/mol. The van der Waals surface area contributed by atoms with Crippen LogP contribution in [0.5, 0.6) is 0 Å². The Labute approximate surface area is 275 Å². The Morgan fingerprint density at radius 3 is 1.90 bits per heavy atom. The molecule has 1 atom stereocenters. The van der Waals surface area contributed by atoms with Crippen LogP contribution in [0.4, 0.5) is 64.5 Å². The van der Waals surface area contributed by atoms with Gasteiger partial charge in [0.15, 0.2) is 0 Å². The largest absolute Gasteiger partial charge is 0.474 e. The van der Waals surface area contributed by atoms with Gasteiger partial charge in [-0.3, -0.25) is 19.7 Å². The zero-order chi connectivity index (χ0) is 37.6. The fraction of sp³-hybridized carbons (Fsp3) is 0.679. The Hall–Kier alpha value is -3.39. The molecule has 1 aliphatic rings. The number of imide groups is 1. The third-order valence-corrected chi connectivity index (χ3v) is 9.51. The molecule has 1 fully saturated rings. The quantitative estimate of drug-likeness (QED) is 0.0552. The summed E-state index contributed by atoms with van der Waals surface area (Å²) in [5, 5.41) is 11.1. The first kappa shape index (κ1) is 41.8. The van der Waals surface area contributed by atoms with Gasteiger partial charge in [0.05, 0.1) is 10.6 Å². The molecule has 2 rings (SSSR count). The van der Waals surface area contributed by atoms with Gasteiger partial charge in [0.25, 0.3) is 11.6 Å². The lowest BCUT2D eigenvalue weighted by Crippen LogP contribution is -2.44. The fourth-order valence-electron chi connectivity index (χ4n) is 4.88. The predicted octanol–water partition coefficient (Wildman–Crippen LogP) is 8.76. The van der Waals surface area contributed by atoms with Gasteiger partial charge >= 0.3 is 36.4 Å². The first-order valence-electron chi connectivity index (χ1n) is 14.8. The van der Waals surface area contributed by atoms with Gasteiger partial charge in [-0.25, -0.2) is 9.69 Å². The van der Waals surface area contributed by atoms with E-state index in [0.717, 1.165) is 6.07 Å². The maximum absolute atomic E-state index is 13.5. The highest BCUT2D eigenvalue weighted by Crippen LogP contribution is 2.41. The molecule has 0 spiro atoms. The van der Waals surface area contributed by atoms with Crippen molar-refractivity contribution < 1.29 is 67.6 Å². The number of hydrogen-bond donors (Lipinski definition) is 0. The molecule has 0 aliphatic carbocycles. The summed E-state index contributed by atoms with van der Waals surface area (Å²) < 4.78 is 145. The summed E-state index contributed by atoms with van der Waals surface area (Å²) in [5.74, 6) is -8.98. The van der Waals surface area contributed by atoms with Crippen LogP contribution in [0.15, 0.2) is 22.6 Å². The van der Waals surface area contributed by atoms with Gasteiger partial charge in [-0.15, -0.1) is 0 Å². The monoisotopic (exact) mass is 746 g/mol.